The van der Waals surface area contributed by atoms with Crippen LogP contribution in [0.25, 0.3) is 0 Å². The van der Waals surface area contributed by atoms with Crippen LogP contribution in [0, 0.1) is 5.82 Å². The zero-order valence-corrected chi connectivity index (χ0v) is 16.6. The minimum absolute atomic E-state index is 0. The molecule has 0 saturated carbocycles. The molecule has 0 amide bonds. The van der Waals surface area contributed by atoms with Gasteiger partial charge in [-0.1, -0.05) is 11.6 Å². The van der Waals surface area contributed by atoms with Crippen molar-refractivity contribution in [1.29, 1.82) is 0 Å². The summed E-state index contributed by atoms with van der Waals surface area (Å²) in [5, 5.41) is 3.24. The molecule has 0 aromatic heterocycles. The van der Waals surface area contributed by atoms with Gasteiger partial charge in [0.25, 0.3) is 0 Å². The number of nitrogens with one attached hydrogen (secondary N) is 1. The van der Waals surface area contributed by atoms with Crippen molar-refractivity contribution in [3.63, 3.8) is 0 Å². The van der Waals surface area contributed by atoms with Crippen molar-refractivity contribution in [2.24, 2.45) is 0 Å². The fourth-order valence-electron chi connectivity index (χ4n) is 2.91. The van der Waals surface area contributed by atoms with Crippen molar-refractivity contribution in [3.05, 3.63) is 28.5 Å². The fourth-order valence-corrected chi connectivity index (χ4v) is 3.18. The number of hydrogen-bond donors (Lipinski definition) is 1. The molecule has 0 aliphatic carbocycles. The van der Waals surface area contributed by atoms with Crippen LogP contribution in [0.15, 0.2) is 12.1 Å². The highest BCUT2D eigenvalue weighted by atomic mass is 35.5. The number of hydrogen-bond acceptors (Lipinski definition) is 3. The third kappa shape index (κ3) is 7.27. The van der Waals surface area contributed by atoms with Crippen molar-refractivity contribution < 1.29 is 22.3 Å². The number of halogens is 7. The van der Waals surface area contributed by atoms with Crippen LogP contribution in [0.4, 0.5) is 17.6 Å². The van der Waals surface area contributed by atoms with Crippen LogP contribution in [0.5, 0.6) is 5.75 Å². The molecule has 2 rings (SSSR count). The van der Waals surface area contributed by atoms with Gasteiger partial charge in [-0.05, 0) is 31.0 Å². The van der Waals surface area contributed by atoms with Crippen LogP contribution in [0.3, 0.4) is 0 Å². The largest absolute Gasteiger partial charge is 0.489 e. The summed E-state index contributed by atoms with van der Waals surface area (Å²) in [7, 11) is 0. The molecule has 26 heavy (non-hydrogen) atoms. The number of alkyl halides is 3. The smallest absolute Gasteiger partial charge is 0.389 e. The Morgan fingerprint density at radius 1 is 1.23 bits per heavy atom. The average Bonchev–Trinajstić information content (AvgIpc) is 2.51. The summed E-state index contributed by atoms with van der Waals surface area (Å²) in [6.07, 6.45) is -5.30. The van der Waals surface area contributed by atoms with E-state index in [1.807, 2.05) is 4.90 Å². The Morgan fingerprint density at radius 2 is 1.85 bits per heavy atom. The maximum Gasteiger partial charge on any atom is 0.389 e. The lowest BCUT2D eigenvalue weighted by atomic mass is 9.99. The molecule has 1 saturated heterocycles. The molecule has 1 heterocycles. The first-order valence-electron chi connectivity index (χ1n) is 7.95. The average molecular weight is 442 g/mol. The molecular formula is C16H23Cl3F4N2O. The number of benzene rings is 1. The quantitative estimate of drug-likeness (QED) is 0.628. The van der Waals surface area contributed by atoms with E-state index in [4.69, 9.17) is 16.3 Å². The number of rotatable bonds is 6. The lowest BCUT2D eigenvalue weighted by molar-refractivity contribution is -0.138. The van der Waals surface area contributed by atoms with Gasteiger partial charge in [-0.15, -0.1) is 24.8 Å². The zero-order chi connectivity index (χ0) is 17.7. The third-order valence-electron chi connectivity index (χ3n) is 3.99. The topological polar surface area (TPSA) is 24.5 Å². The first-order chi connectivity index (χ1) is 11.3. The molecule has 1 aromatic carbocycles. The van der Waals surface area contributed by atoms with E-state index in [0.717, 1.165) is 0 Å². The molecule has 10 heteroatoms. The van der Waals surface area contributed by atoms with Crippen LogP contribution in [-0.4, -0.2) is 43.9 Å². The maximum atomic E-state index is 14.2. The standard InChI is InChI=1S/C16H21ClF4N2O.2ClH/c1-2-24-15-12(17)9-11(10-13(15)18)14(3-4-16(19,20)21)23-7-5-22-6-8-23;;/h9-10,14,22H,2-8H2,1H3;2*1H/t14-;;/m0../s1. The number of piperazine rings is 1. The second-order valence-electron chi connectivity index (χ2n) is 5.70. The molecule has 1 atom stereocenters. The molecule has 3 nitrogen and oxygen atoms in total. The normalized spacial score (nSPS) is 16.4. The number of ether oxygens (including phenoxy) is 1. The van der Waals surface area contributed by atoms with E-state index < -0.39 is 24.5 Å². The Balaban J connectivity index is 0.00000312. The van der Waals surface area contributed by atoms with Gasteiger partial charge in [0.2, 0.25) is 0 Å². The van der Waals surface area contributed by atoms with Crippen molar-refractivity contribution >= 4 is 36.4 Å². The number of nitrogens with zero attached hydrogens (tertiary/aromatic N) is 1. The Bertz CT molecular complexity index is 532. The second-order valence-corrected chi connectivity index (χ2v) is 6.11. The van der Waals surface area contributed by atoms with Gasteiger partial charge in [-0.2, -0.15) is 13.2 Å². The Kier molecular flexibility index (Phi) is 11.2. The lowest BCUT2D eigenvalue weighted by Crippen LogP contribution is -2.45. The molecular weight excluding hydrogens is 419 g/mol. The molecule has 0 bridgehead atoms. The second kappa shape index (κ2) is 11.4. The summed E-state index contributed by atoms with van der Waals surface area (Å²) in [5.74, 6) is -0.704. The SMILES string of the molecule is CCOc1c(F)cc([C@H](CCC(F)(F)F)N2CCNCC2)cc1Cl.Cl.Cl. The van der Waals surface area contributed by atoms with Gasteiger partial charge in [0.1, 0.15) is 0 Å². The molecule has 1 aromatic rings. The highest BCUT2D eigenvalue weighted by Gasteiger charge is 2.32. The minimum atomic E-state index is -4.25. The summed E-state index contributed by atoms with van der Waals surface area (Å²) >= 11 is 6.07. The van der Waals surface area contributed by atoms with E-state index in [-0.39, 0.29) is 48.6 Å². The van der Waals surface area contributed by atoms with Crippen LogP contribution in [0.2, 0.25) is 5.02 Å². The van der Waals surface area contributed by atoms with Gasteiger partial charge in [-0.3, -0.25) is 4.90 Å². The predicted octanol–water partition coefficient (Wildman–Crippen LogP) is 5.01. The van der Waals surface area contributed by atoms with Crippen LogP contribution < -0.4 is 10.1 Å². The summed E-state index contributed by atoms with van der Waals surface area (Å²) in [6, 6.07) is 2.22. The molecule has 1 aliphatic heterocycles. The summed E-state index contributed by atoms with van der Waals surface area (Å²) in [5.41, 5.74) is 0.451. The summed E-state index contributed by atoms with van der Waals surface area (Å²) < 4.78 is 57.4. The van der Waals surface area contributed by atoms with Crippen molar-refractivity contribution in [3.8, 4) is 5.75 Å². The van der Waals surface area contributed by atoms with E-state index in [1.54, 1.807) is 6.92 Å². The minimum Gasteiger partial charge on any atom is -0.489 e. The van der Waals surface area contributed by atoms with Gasteiger partial charge in [0.05, 0.1) is 11.6 Å². The molecule has 0 radical (unpaired) electrons. The van der Waals surface area contributed by atoms with Gasteiger partial charge < -0.3 is 10.1 Å². The van der Waals surface area contributed by atoms with Gasteiger partial charge in [-0.25, -0.2) is 4.39 Å². The Morgan fingerprint density at radius 3 is 2.35 bits per heavy atom. The molecule has 1 fully saturated rings. The Labute approximate surface area is 168 Å². The highest BCUT2D eigenvalue weighted by molar-refractivity contribution is 6.32. The van der Waals surface area contributed by atoms with Crippen LogP contribution in [-0.2, 0) is 0 Å². The predicted molar refractivity (Wildman–Crippen MR) is 99.5 cm³/mol. The van der Waals surface area contributed by atoms with E-state index in [2.05, 4.69) is 5.32 Å². The molecule has 0 unspecified atom stereocenters. The van der Waals surface area contributed by atoms with E-state index in [0.29, 0.717) is 31.7 Å². The fraction of sp³-hybridized carbons (Fsp3) is 0.625. The third-order valence-corrected chi connectivity index (χ3v) is 4.27. The Hall–Kier alpha value is -0.470. The van der Waals surface area contributed by atoms with Gasteiger partial charge in [0.15, 0.2) is 11.6 Å². The maximum absolute atomic E-state index is 14.2. The molecule has 152 valence electrons. The van der Waals surface area contributed by atoms with E-state index in [9.17, 15) is 17.6 Å². The van der Waals surface area contributed by atoms with E-state index >= 15 is 0 Å². The monoisotopic (exact) mass is 440 g/mol. The van der Waals surface area contributed by atoms with E-state index in [1.165, 1.54) is 12.1 Å². The molecule has 1 aliphatic rings. The lowest BCUT2D eigenvalue weighted by Gasteiger charge is -2.35. The van der Waals surface area contributed by atoms with Crippen LogP contribution >= 0.6 is 36.4 Å². The highest BCUT2D eigenvalue weighted by Crippen LogP contribution is 2.36. The van der Waals surface area contributed by atoms with Gasteiger partial charge >= 0.3 is 6.18 Å². The summed E-state index contributed by atoms with van der Waals surface area (Å²) in [4.78, 5) is 1.94. The first kappa shape index (κ1) is 25.5. The van der Waals surface area contributed by atoms with Crippen molar-refractivity contribution in [1.82, 2.24) is 10.2 Å². The zero-order valence-electron chi connectivity index (χ0n) is 14.2. The molecule has 0 spiro atoms. The van der Waals surface area contributed by atoms with Crippen molar-refractivity contribution in [2.75, 3.05) is 32.8 Å². The van der Waals surface area contributed by atoms with Gasteiger partial charge in [0, 0.05) is 38.6 Å². The summed E-state index contributed by atoms with van der Waals surface area (Å²) in [6.45, 7) is 4.55. The van der Waals surface area contributed by atoms with Crippen LogP contribution in [0.1, 0.15) is 31.4 Å². The molecule has 1 N–H and O–H groups in total. The van der Waals surface area contributed by atoms with Crippen molar-refractivity contribution in [2.45, 2.75) is 32.0 Å². The first-order valence-corrected chi connectivity index (χ1v) is 8.33.